The topological polar surface area (TPSA) is 72.7 Å². The van der Waals surface area contributed by atoms with Gasteiger partial charge in [0.1, 0.15) is 5.75 Å². The van der Waals surface area contributed by atoms with E-state index in [0.717, 1.165) is 0 Å². The molecule has 0 saturated carbocycles. The van der Waals surface area contributed by atoms with Gasteiger partial charge in [-0.3, -0.25) is 14.9 Å². The first-order chi connectivity index (χ1) is 12.4. The Morgan fingerprint density at radius 3 is 2.65 bits per heavy atom. The van der Waals surface area contributed by atoms with Gasteiger partial charge in [-0.15, -0.1) is 0 Å². The zero-order valence-electron chi connectivity index (χ0n) is 14.2. The van der Waals surface area contributed by atoms with Gasteiger partial charge in [0, 0.05) is 30.1 Å². The second kappa shape index (κ2) is 9.40. The Balaban J connectivity index is 1.81. The van der Waals surface area contributed by atoms with Gasteiger partial charge in [0.25, 0.3) is 5.69 Å². The third kappa shape index (κ3) is 5.61. The van der Waals surface area contributed by atoms with E-state index < -0.39 is 4.92 Å². The Bertz CT molecular complexity index is 799. The van der Waals surface area contributed by atoms with Gasteiger partial charge >= 0.3 is 0 Å². The lowest BCUT2D eigenvalue weighted by atomic mass is 10.1. The fourth-order valence-electron chi connectivity index (χ4n) is 2.35. The van der Waals surface area contributed by atoms with Crippen molar-refractivity contribution >= 4 is 34.8 Å². The number of hydrogen-bond donors (Lipinski definition) is 0. The summed E-state index contributed by atoms with van der Waals surface area (Å²) in [6, 6.07) is 11.3. The first kappa shape index (κ1) is 20.0. The number of carbonyl (C=O) groups is 1. The van der Waals surface area contributed by atoms with Crippen LogP contribution in [-0.2, 0) is 11.3 Å². The van der Waals surface area contributed by atoms with Gasteiger partial charge in [-0.05, 0) is 24.6 Å². The van der Waals surface area contributed by atoms with Crippen molar-refractivity contribution in [3.63, 3.8) is 0 Å². The molecule has 0 aromatic heterocycles. The second-order valence-corrected chi connectivity index (χ2v) is 6.51. The van der Waals surface area contributed by atoms with E-state index in [9.17, 15) is 14.9 Å². The summed E-state index contributed by atoms with van der Waals surface area (Å²) in [5.41, 5.74) is 0.505. The first-order valence-electron chi connectivity index (χ1n) is 7.92. The molecule has 0 saturated heterocycles. The fourth-order valence-corrected chi connectivity index (χ4v) is 2.82. The van der Waals surface area contributed by atoms with Crippen molar-refractivity contribution in [2.75, 3.05) is 13.7 Å². The Labute approximate surface area is 161 Å². The molecule has 0 aliphatic rings. The van der Waals surface area contributed by atoms with Crippen molar-refractivity contribution in [2.24, 2.45) is 0 Å². The van der Waals surface area contributed by atoms with Gasteiger partial charge in [-0.2, -0.15) is 0 Å². The minimum absolute atomic E-state index is 0.00728. The molecule has 0 heterocycles. The lowest BCUT2D eigenvalue weighted by Crippen LogP contribution is -2.26. The second-order valence-electron chi connectivity index (χ2n) is 5.66. The molecule has 2 rings (SSSR count). The highest BCUT2D eigenvalue weighted by Gasteiger charge is 2.16. The molecule has 0 fully saturated rings. The molecule has 1 amide bonds. The van der Waals surface area contributed by atoms with Crippen molar-refractivity contribution in [1.29, 1.82) is 0 Å². The number of nitro groups is 1. The molecule has 0 aliphatic carbocycles. The van der Waals surface area contributed by atoms with Crippen LogP contribution >= 0.6 is 23.2 Å². The average molecular weight is 397 g/mol. The average Bonchev–Trinajstić information content (AvgIpc) is 2.60. The van der Waals surface area contributed by atoms with Gasteiger partial charge in [-0.1, -0.05) is 41.4 Å². The van der Waals surface area contributed by atoms with Crippen LogP contribution in [0.15, 0.2) is 42.5 Å². The number of para-hydroxylation sites is 1. The molecule has 2 aromatic rings. The normalized spacial score (nSPS) is 10.4. The summed E-state index contributed by atoms with van der Waals surface area (Å²) in [6.45, 7) is 0.506. The molecule has 0 atom stereocenters. The Morgan fingerprint density at radius 1 is 1.23 bits per heavy atom. The lowest BCUT2D eigenvalue weighted by Gasteiger charge is -2.17. The molecule has 0 spiro atoms. The van der Waals surface area contributed by atoms with E-state index in [4.69, 9.17) is 27.9 Å². The maximum absolute atomic E-state index is 12.2. The van der Waals surface area contributed by atoms with Crippen molar-refractivity contribution < 1.29 is 14.5 Å². The van der Waals surface area contributed by atoms with E-state index in [1.807, 2.05) is 0 Å². The monoisotopic (exact) mass is 396 g/mol. The van der Waals surface area contributed by atoms with E-state index in [1.54, 1.807) is 43.4 Å². The molecule has 0 radical (unpaired) electrons. The van der Waals surface area contributed by atoms with Gasteiger partial charge in [0.05, 0.1) is 23.1 Å². The van der Waals surface area contributed by atoms with Crippen LogP contribution in [0.2, 0.25) is 10.0 Å². The maximum Gasteiger partial charge on any atom is 0.274 e. The van der Waals surface area contributed by atoms with E-state index in [-0.39, 0.29) is 24.6 Å². The molecule has 8 heteroatoms. The van der Waals surface area contributed by atoms with Crippen molar-refractivity contribution in [1.82, 2.24) is 4.90 Å². The van der Waals surface area contributed by atoms with Crippen LogP contribution in [-0.4, -0.2) is 29.4 Å². The lowest BCUT2D eigenvalue weighted by molar-refractivity contribution is -0.385. The molecule has 26 heavy (non-hydrogen) atoms. The standard InChI is InChI=1S/C18H18Cl2N2O4/c1-21(12-13-5-2-3-6-16(13)22(24)25)18(23)7-4-10-26-17-9-8-14(19)11-15(17)20/h2-3,5-6,8-9,11H,4,7,10,12H2,1H3. The SMILES string of the molecule is CN(Cc1ccccc1[N+](=O)[O-])C(=O)CCCOc1ccc(Cl)cc1Cl. The van der Waals surface area contributed by atoms with Gasteiger partial charge in [0.2, 0.25) is 5.91 Å². The minimum atomic E-state index is -0.447. The van der Waals surface area contributed by atoms with Crippen LogP contribution in [0, 0.1) is 10.1 Å². The summed E-state index contributed by atoms with van der Waals surface area (Å²) >= 11 is 11.8. The molecular formula is C18H18Cl2N2O4. The Kier molecular flexibility index (Phi) is 7.24. The largest absolute Gasteiger partial charge is 0.492 e. The third-order valence-electron chi connectivity index (χ3n) is 3.71. The highest BCUT2D eigenvalue weighted by molar-refractivity contribution is 6.35. The van der Waals surface area contributed by atoms with Gasteiger partial charge in [-0.25, -0.2) is 0 Å². The fraction of sp³-hybridized carbons (Fsp3) is 0.278. The van der Waals surface area contributed by atoms with Crippen LogP contribution in [0.25, 0.3) is 0 Å². The van der Waals surface area contributed by atoms with Crippen LogP contribution in [0.4, 0.5) is 5.69 Å². The van der Waals surface area contributed by atoms with Crippen LogP contribution in [0.3, 0.4) is 0 Å². The molecule has 0 unspecified atom stereocenters. The third-order valence-corrected chi connectivity index (χ3v) is 4.24. The van der Waals surface area contributed by atoms with Crippen LogP contribution in [0.5, 0.6) is 5.75 Å². The molecular weight excluding hydrogens is 379 g/mol. The van der Waals surface area contributed by atoms with Crippen molar-refractivity contribution in [2.45, 2.75) is 19.4 Å². The van der Waals surface area contributed by atoms with Crippen LogP contribution in [0.1, 0.15) is 18.4 Å². The molecule has 0 N–H and O–H groups in total. The number of amides is 1. The highest BCUT2D eigenvalue weighted by Crippen LogP contribution is 2.27. The quantitative estimate of drug-likeness (QED) is 0.367. The molecule has 0 bridgehead atoms. The zero-order chi connectivity index (χ0) is 19.1. The smallest absolute Gasteiger partial charge is 0.274 e. The van der Waals surface area contributed by atoms with Gasteiger partial charge in [0.15, 0.2) is 0 Å². The van der Waals surface area contributed by atoms with E-state index in [1.165, 1.54) is 11.0 Å². The number of nitrogens with zero attached hydrogens (tertiary/aromatic N) is 2. The Morgan fingerprint density at radius 2 is 1.96 bits per heavy atom. The number of ether oxygens (including phenoxy) is 1. The number of carbonyl (C=O) groups excluding carboxylic acids is 1. The summed E-state index contributed by atoms with van der Waals surface area (Å²) in [4.78, 5) is 24.3. The van der Waals surface area contributed by atoms with E-state index in [2.05, 4.69) is 0 Å². The summed E-state index contributed by atoms with van der Waals surface area (Å²) in [7, 11) is 1.62. The number of halogens is 2. The van der Waals surface area contributed by atoms with Gasteiger partial charge < -0.3 is 9.64 Å². The summed E-state index contributed by atoms with van der Waals surface area (Å²) in [5, 5.41) is 12.0. The highest BCUT2D eigenvalue weighted by atomic mass is 35.5. The van der Waals surface area contributed by atoms with E-state index >= 15 is 0 Å². The maximum atomic E-state index is 12.2. The summed E-state index contributed by atoms with van der Waals surface area (Å²) in [5.74, 6) is 0.394. The minimum Gasteiger partial charge on any atom is -0.492 e. The predicted octanol–water partition coefficient (Wildman–Crippen LogP) is 4.72. The number of rotatable bonds is 8. The summed E-state index contributed by atoms with van der Waals surface area (Å²) < 4.78 is 5.54. The van der Waals surface area contributed by atoms with Crippen molar-refractivity contribution in [3.8, 4) is 5.75 Å². The molecule has 6 nitrogen and oxygen atoms in total. The number of nitro benzene ring substituents is 1. The number of hydrogen-bond acceptors (Lipinski definition) is 4. The molecule has 2 aromatic carbocycles. The molecule has 138 valence electrons. The summed E-state index contributed by atoms with van der Waals surface area (Å²) in [6.07, 6.45) is 0.765. The molecule has 0 aliphatic heterocycles. The van der Waals surface area contributed by atoms with Crippen molar-refractivity contribution in [3.05, 3.63) is 68.2 Å². The zero-order valence-corrected chi connectivity index (χ0v) is 15.7. The van der Waals surface area contributed by atoms with E-state index in [0.29, 0.717) is 34.4 Å². The number of benzene rings is 2. The van der Waals surface area contributed by atoms with Crippen LogP contribution < -0.4 is 4.74 Å². The predicted molar refractivity (Wildman–Crippen MR) is 101 cm³/mol. The Hall–Kier alpha value is -2.31. The first-order valence-corrected chi connectivity index (χ1v) is 8.68.